The maximum atomic E-state index is 12.3. The fourth-order valence-electron chi connectivity index (χ4n) is 3.14. The van der Waals surface area contributed by atoms with Crippen molar-refractivity contribution in [2.45, 2.75) is 64.0 Å². The molecule has 2 aromatic rings. The molecule has 1 aliphatic heterocycles. The molecular formula is C16H21N5O2. The summed E-state index contributed by atoms with van der Waals surface area (Å²) in [4.78, 5) is 12.3. The monoisotopic (exact) mass is 315 g/mol. The molecule has 0 radical (unpaired) electrons. The Kier molecular flexibility index (Phi) is 3.63. The number of nitrogens with one attached hydrogen (secondary N) is 1. The Morgan fingerprint density at radius 3 is 2.96 bits per heavy atom. The van der Waals surface area contributed by atoms with Crippen molar-refractivity contribution < 1.29 is 9.32 Å². The first-order chi connectivity index (χ1) is 11.2. The molecule has 1 amide bonds. The van der Waals surface area contributed by atoms with Crippen molar-refractivity contribution in [1.82, 2.24) is 25.2 Å². The predicted molar refractivity (Wildman–Crippen MR) is 82.1 cm³/mol. The third kappa shape index (κ3) is 2.87. The average Bonchev–Trinajstić information content (AvgIpc) is 3.20. The van der Waals surface area contributed by atoms with E-state index in [0.717, 1.165) is 49.6 Å². The average molecular weight is 315 g/mol. The van der Waals surface area contributed by atoms with Gasteiger partial charge in [0.1, 0.15) is 17.4 Å². The second-order valence-corrected chi connectivity index (χ2v) is 6.43. The molecule has 4 rings (SSSR count). The standard InChI is InChI=1S/C16H21N5O2/c1-2-12-9-13(20-23-12)16(22)17-11-5-6-14-18-19-15(10-3-4-10)21(14)8-7-11/h9-11H,2-8H2,1H3,(H,17,22). The first-order valence-corrected chi connectivity index (χ1v) is 8.43. The van der Waals surface area contributed by atoms with Crippen LogP contribution in [0.25, 0.3) is 0 Å². The van der Waals surface area contributed by atoms with Gasteiger partial charge in [0.25, 0.3) is 5.91 Å². The van der Waals surface area contributed by atoms with E-state index < -0.39 is 0 Å². The van der Waals surface area contributed by atoms with Crippen molar-refractivity contribution in [2.75, 3.05) is 0 Å². The summed E-state index contributed by atoms with van der Waals surface area (Å²) < 4.78 is 7.36. The van der Waals surface area contributed by atoms with Crippen LogP contribution in [0.1, 0.15) is 66.4 Å². The van der Waals surface area contributed by atoms with E-state index in [2.05, 4.69) is 25.2 Å². The Balaban J connectivity index is 1.40. The molecule has 1 unspecified atom stereocenters. The number of hydrogen-bond acceptors (Lipinski definition) is 5. The van der Waals surface area contributed by atoms with Gasteiger partial charge in [-0.2, -0.15) is 0 Å². The number of fused-ring (bicyclic) bond motifs is 1. The molecule has 0 bridgehead atoms. The van der Waals surface area contributed by atoms with Crippen LogP contribution in [-0.2, 0) is 19.4 Å². The minimum Gasteiger partial charge on any atom is -0.361 e. The van der Waals surface area contributed by atoms with Crippen LogP contribution in [0.3, 0.4) is 0 Å². The van der Waals surface area contributed by atoms with Crippen LogP contribution in [0, 0.1) is 0 Å². The summed E-state index contributed by atoms with van der Waals surface area (Å²) in [5.74, 6) is 3.37. The van der Waals surface area contributed by atoms with E-state index in [1.165, 1.54) is 12.8 Å². The third-order valence-electron chi connectivity index (χ3n) is 4.69. The Morgan fingerprint density at radius 1 is 1.35 bits per heavy atom. The van der Waals surface area contributed by atoms with Crippen LogP contribution in [0.2, 0.25) is 0 Å². The zero-order valence-electron chi connectivity index (χ0n) is 13.3. The van der Waals surface area contributed by atoms with E-state index in [4.69, 9.17) is 4.52 Å². The maximum Gasteiger partial charge on any atom is 0.273 e. The van der Waals surface area contributed by atoms with Crippen LogP contribution in [0.5, 0.6) is 0 Å². The second kappa shape index (κ2) is 5.79. The molecule has 1 aliphatic carbocycles. The summed E-state index contributed by atoms with van der Waals surface area (Å²) in [7, 11) is 0. The molecule has 7 heteroatoms. The fourth-order valence-corrected chi connectivity index (χ4v) is 3.14. The molecule has 23 heavy (non-hydrogen) atoms. The van der Waals surface area contributed by atoms with Gasteiger partial charge in [-0.3, -0.25) is 4.79 Å². The number of aryl methyl sites for hydroxylation is 2. The van der Waals surface area contributed by atoms with Crippen LogP contribution in [0.15, 0.2) is 10.6 Å². The minimum absolute atomic E-state index is 0.137. The molecule has 1 N–H and O–H groups in total. The molecule has 2 aromatic heterocycles. The Hall–Kier alpha value is -2.18. The Labute approximate surface area is 134 Å². The SMILES string of the molecule is CCc1cc(C(=O)NC2CCc3nnc(C4CC4)n3CC2)no1. The van der Waals surface area contributed by atoms with Gasteiger partial charge in [0.05, 0.1) is 0 Å². The smallest absolute Gasteiger partial charge is 0.273 e. The van der Waals surface area contributed by atoms with Crippen molar-refractivity contribution in [2.24, 2.45) is 0 Å². The molecule has 0 aromatic carbocycles. The number of amides is 1. The lowest BCUT2D eigenvalue weighted by atomic mass is 10.1. The summed E-state index contributed by atoms with van der Waals surface area (Å²) in [6, 6.07) is 1.85. The van der Waals surface area contributed by atoms with Gasteiger partial charge in [-0.1, -0.05) is 12.1 Å². The summed E-state index contributed by atoms with van der Waals surface area (Å²) in [5.41, 5.74) is 0.365. The normalized spacial score (nSPS) is 20.8. The zero-order valence-corrected chi connectivity index (χ0v) is 13.3. The molecule has 1 fully saturated rings. The highest BCUT2D eigenvalue weighted by atomic mass is 16.5. The van der Waals surface area contributed by atoms with Crippen molar-refractivity contribution in [3.05, 3.63) is 29.2 Å². The highest BCUT2D eigenvalue weighted by molar-refractivity contribution is 5.92. The minimum atomic E-state index is -0.154. The second-order valence-electron chi connectivity index (χ2n) is 6.43. The molecule has 0 spiro atoms. The lowest BCUT2D eigenvalue weighted by molar-refractivity contribution is 0.0923. The highest BCUT2D eigenvalue weighted by Gasteiger charge is 2.31. The van der Waals surface area contributed by atoms with E-state index >= 15 is 0 Å². The van der Waals surface area contributed by atoms with Gasteiger partial charge in [0.15, 0.2) is 5.69 Å². The van der Waals surface area contributed by atoms with Crippen molar-refractivity contribution in [3.63, 3.8) is 0 Å². The Morgan fingerprint density at radius 2 is 2.22 bits per heavy atom. The van der Waals surface area contributed by atoms with Gasteiger partial charge < -0.3 is 14.4 Å². The highest BCUT2D eigenvalue weighted by Crippen LogP contribution is 2.39. The van der Waals surface area contributed by atoms with Gasteiger partial charge in [-0.25, -0.2) is 0 Å². The topological polar surface area (TPSA) is 85.8 Å². The van der Waals surface area contributed by atoms with Gasteiger partial charge in [-0.05, 0) is 25.7 Å². The van der Waals surface area contributed by atoms with Gasteiger partial charge in [0.2, 0.25) is 0 Å². The number of aromatic nitrogens is 4. The van der Waals surface area contributed by atoms with E-state index in [9.17, 15) is 4.79 Å². The van der Waals surface area contributed by atoms with E-state index in [1.807, 2.05) is 6.92 Å². The van der Waals surface area contributed by atoms with E-state index in [-0.39, 0.29) is 11.9 Å². The molecule has 2 aliphatic rings. The number of nitrogens with zero attached hydrogens (tertiary/aromatic N) is 4. The maximum absolute atomic E-state index is 12.3. The first kappa shape index (κ1) is 14.4. The number of rotatable bonds is 4. The van der Waals surface area contributed by atoms with E-state index in [1.54, 1.807) is 6.07 Å². The van der Waals surface area contributed by atoms with Gasteiger partial charge in [0, 0.05) is 37.4 Å². The summed E-state index contributed by atoms with van der Waals surface area (Å²) in [6.45, 7) is 2.85. The predicted octanol–water partition coefficient (Wildman–Crippen LogP) is 1.84. The lowest BCUT2D eigenvalue weighted by Crippen LogP contribution is -2.35. The van der Waals surface area contributed by atoms with Crippen LogP contribution in [-0.4, -0.2) is 31.9 Å². The quantitative estimate of drug-likeness (QED) is 0.930. The van der Waals surface area contributed by atoms with Gasteiger partial charge >= 0.3 is 0 Å². The van der Waals surface area contributed by atoms with Crippen LogP contribution >= 0.6 is 0 Å². The summed E-state index contributed by atoms with van der Waals surface area (Å²) in [5, 5.41) is 15.6. The van der Waals surface area contributed by atoms with Crippen LogP contribution < -0.4 is 5.32 Å². The Bertz CT molecular complexity index is 716. The van der Waals surface area contributed by atoms with E-state index in [0.29, 0.717) is 11.6 Å². The fraction of sp³-hybridized carbons (Fsp3) is 0.625. The molecule has 1 atom stereocenters. The van der Waals surface area contributed by atoms with Gasteiger partial charge in [-0.15, -0.1) is 10.2 Å². The molecule has 3 heterocycles. The molecule has 0 saturated heterocycles. The summed E-state index contributed by atoms with van der Waals surface area (Å²) in [6.07, 6.45) is 5.82. The molecule has 7 nitrogen and oxygen atoms in total. The van der Waals surface area contributed by atoms with Crippen molar-refractivity contribution >= 4 is 5.91 Å². The zero-order chi connectivity index (χ0) is 15.8. The molecule has 1 saturated carbocycles. The summed E-state index contributed by atoms with van der Waals surface area (Å²) >= 11 is 0. The van der Waals surface area contributed by atoms with Crippen molar-refractivity contribution in [3.8, 4) is 0 Å². The third-order valence-corrected chi connectivity index (χ3v) is 4.69. The molecular weight excluding hydrogens is 294 g/mol. The number of carbonyl (C=O) groups excluding carboxylic acids is 1. The number of hydrogen-bond donors (Lipinski definition) is 1. The van der Waals surface area contributed by atoms with Crippen LogP contribution in [0.4, 0.5) is 0 Å². The molecule has 122 valence electrons. The first-order valence-electron chi connectivity index (χ1n) is 8.43. The largest absolute Gasteiger partial charge is 0.361 e. The van der Waals surface area contributed by atoms with Crippen molar-refractivity contribution in [1.29, 1.82) is 0 Å². The number of carbonyl (C=O) groups is 1. The lowest BCUT2D eigenvalue weighted by Gasteiger charge is -2.15.